The number of aliphatic hydroxyl groups excluding tert-OH is 1. The second-order valence-corrected chi connectivity index (χ2v) is 4.77. The van der Waals surface area contributed by atoms with Crippen LogP contribution in [0.25, 0.3) is 0 Å². The highest BCUT2D eigenvalue weighted by molar-refractivity contribution is 5.05. The van der Waals surface area contributed by atoms with Crippen LogP contribution in [0.4, 0.5) is 0 Å². The van der Waals surface area contributed by atoms with E-state index in [9.17, 15) is 0 Å². The van der Waals surface area contributed by atoms with Gasteiger partial charge in [-0.05, 0) is 32.9 Å². The molecule has 0 amide bonds. The van der Waals surface area contributed by atoms with Crippen LogP contribution >= 0.6 is 0 Å². The molecule has 0 aliphatic carbocycles. The molecule has 1 aliphatic heterocycles. The van der Waals surface area contributed by atoms with Crippen LogP contribution in [0, 0.1) is 6.92 Å². The molecule has 2 heterocycles. The van der Waals surface area contributed by atoms with Crippen LogP contribution in [0.3, 0.4) is 0 Å². The van der Waals surface area contributed by atoms with Crippen LogP contribution in [0.15, 0.2) is 4.52 Å². The number of aryl methyl sites for hydroxylation is 1. The van der Waals surface area contributed by atoms with Gasteiger partial charge >= 0.3 is 0 Å². The number of aliphatic hydroxyl groups is 1. The van der Waals surface area contributed by atoms with Crippen LogP contribution < -0.4 is 0 Å². The van der Waals surface area contributed by atoms with Gasteiger partial charge in [0.05, 0.1) is 6.61 Å². The highest BCUT2D eigenvalue weighted by Gasteiger charge is 2.36. The van der Waals surface area contributed by atoms with E-state index in [0.717, 1.165) is 38.4 Å². The van der Waals surface area contributed by atoms with E-state index in [2.05, 4.69) is 22.0 Å². The molecule has 90 valence electrons. The molecule has 0 spiro atoms. The van der Waals surface area contributed by atoms with Gasteiger partial charge in [-0.25, -0.2) is 0 Å². The molecule has 1 aromatic heterocycles. The SMILES string of the molecule is Cc1noc(C2(C)CCN(CCO)CC2)n1. The van der Waals surface area contributed by atoms with Crippen molar-refractivity contribution >= 4 is 0 Å². The first-order chi connectivity index (χ1) is 7.64. The minimum atomic E-state index is 0.00716. The summed E-state index contributed by atoms with van der Waals surface area (Å²) < 4.78 is 5.27. The monoisotopic (exact) mass is 225 g/mol. The predicted octanol–water partition coefficient (Wildman–Crippen LogP) is 0.724. The molecule has 1 aliphatic rings. The number of aromatic nitrogens is 2. The normalized spacial score (nSPS) is 21.2. The summed E-state index contributed by atoms with van der Waals surface area (Å²) in [5.41, 5.74) is 0.00716. The lowest BCUT2D eigenvalue weighted by Crippen LogP contribution is -2.42. The maximum atomic E-state index is 8.89. The predicted molar refractivity (Wildman–Crippen MR) is 59.1 cm³/mol. The van der Waals surface area contributed by atoms with E-state index in [1.807, 2.05) is 6.92 Å². The van der Waals surface area contributed by atoms with Gasteiger partial charge in [-0.3, -0.25) is 0 Å². The van der Waals surface area contributed by atoms with Crippen molar-refractivity contribution in [2.45, 2.75) is 32.1 Å². The van der Waals surface area contributed by atoms with Crippen LogP contribution in [-0.4, -0.2) is 46.4 Å². The van der Waals surface area contributed by atoms with E-state index >= 15 is 0 Å². The maximum absolute atomic E-state index is 8.89. The van der Waals surface area contributed by atoms with E-state index < -0.39 is 0 Å². The number of hydrogen-bond donors (Lipinski definition) is 1. The molecular formula is C11H19N3O2. The Kier molecular flexibility index (Phi) is 3.25. The van der Waals surface area contributed by atoms with Gasteiger partial charge in [-0.15, -0.1) is 0 Å². The number of nitrogens with zero attached hydrogens (tertiary/aromatic N) is 3. The lowest BCUT2D eigenvalue weighted by Gasteiger charge is -2.36. The summed E-state index contributed by atoms with van der Waals surface area (Å²) >= 11 is 0. The minimum Gasteiger partial charge on any atom is -0.395 e. The molecule has 1 aromatic rings. The summed E-state index contributed by atoms with van der Waals surface area (Å²) in [4.78, 5) is 6.60. The second-order valence-electron chi connectivity index (χ2n) is 4.77. The Balaban J connectivity index is 2.01. The van der Waals surface area contributed by atoms with Crippen LogP contribution in [0.1, 0.15) is 31.5 Å². The van der Waals surface area contributed by atoms with Crippen LogP contribution in [0.5, 0.6) is 0 Å². The number of likely N-dealkylation sites (tertiary alicyclic amines) is 1. The zero-order valence-electron chi connectivity index (χ0n) is 9.94. The van der Waals surface area contributed by atoms with Crippen molar-refractivity contribution in [1.29, 1.82) is 0 Å². The van der Waals surface area contributed by atoms with Gasteiger partial charge in [0.2, 0.25) is 5.89 Å². The topological polar surface area (TPSA) is 62.4 Å². The second kappa shape index (κ2) is 4.51. The Hall–Kier alpha value is -0.940. The molecule has 0 radical (unpaired) electrons. The molecule has 1 fully saturated rings. The van der Waals surface area contributed by atoms with Gasteiger partial charge in [-0.2, -0.15) is 4.98 Å². The van der Waals surface area contributed by atoms with E-state index in [-0.39, 0.29) is 12.0 Å². The third kappa shape index (κ3) is 2.25. The number of hydrogen-bond acceptors (Lipinski definition) is 5. The molecule has 5 heteroatoms. The van der Waals surface area contributed by atoms with Crippen LogP contribution in [0.2, 0.25) is 0 Å². The summed E-state index contributed by atoms with van der Waals surface area (Å²) in [6.07, 6.45) is 2.02. The maximum Gasteiger partial charge on any atom is 0.232 e. The van der Waals surface area contributed by atoms with Crippen molar-refractivity contribution in [2.24, 2.45) is 0 Å². The van der Waals surface area contributed by atoms with Gasteiger partial charge in [-0.1, -0.05) is 12.1 Å². The van der Waals surface area contributed by atoms with Gasteiger partial charge in [0.15, 0.2) is 5.82 Å². The number of piperidine rings is 1. The first-order valence-corrected chi connectivity index (χ1v) is 5.78. The standard InChI is InChI=1S/C11H19N3O2/c1-9-12-10(16-13-9)11(2)3-5-14(6-4-11)7-8-15/h15H,3-8H2,1-2H3. The van der Waals surface area contributed by atoms with Crippen molar-refractivity contribution in [1.82, 2.24) is 15.0 Å². The summed E-state index contributed by atoms with van der Waals surface area (Å²) in [7, 11) is 0. The van der Waals surface area contributed by atoms with Gasteiger partial charge in [0.25, 0.3) is 0 Å². The Bertz CT molecular complexity index is 343. The first kappa shape index (κ1) is 11.5. The summed E-state index contributed by atoms with van der Waals surface area (Å²) in [6, 6.07) is 0. The Labute approximate surface area is 95.4 Å². The fraction of sp³-hybridized carbons (Fsp3) is 0.818. The van der Waals surface area contributed by atoms with Crippen molar-refractivity contribution in [3.05, 3.63) is 11.7 Å². The highest BCUT2D eigenvalue weighted by atomic mass is 16.5. The molecule has 2 rings (SSSR count). The number of β-amino-alcohol motifs (C(OH)–C–C–N with tert-alkyl or cyclic N) is 1. The van der Waals surface area contributed by atoms with Crippen molar-refractivity contribution in [3.8, 4) is 0 Å². The zero-order chi connectivity index (χ0) is 11.6. The summed E-state index contributed by atoms with van der Waals surface area (Å²) in [5.74, 6) is 1.46. The molecule has 5 nitrogen and oxygen atoms in total. The lowest BCUT2D eigenvalue weighted by atomic mass is 9.80. The molecule has 0 saturated carbocycles. The summed E-state index contributed by atoms with van der Waals surface area (Å²) in [5, 5.41) is 12.7. The third-order valence-corrected chi connectivity index (χ3v) is 3.42. The molecular weight excluding hydrogens is 206 g/mol. The van der Waals surface area contributed by atoms with Gasteiger partial charge in [0, 0.05) is 12.0 Å². The Morgan fingerprint density at radius 3 is 2.62 bits per heavy atom. The highest BCUT2D eigenvalue weighted by Crippen LogP contribution is 2.33. The molecule has 1 N–H and O–H groups in total. The lowest BCUT2D eigenvalue weighted by molar-refractivity contribution is 0.121. The van der Waals surface area contributed by atoms with Crippen molar-refractivity contribution in [3.63, 3.8) is 0 Å². The first-order valence-electron chi connectivity index (χ1n) is 5.78. The van der Waals surface area contributed by atoms with Gasteiger partial charge < -0.3 is 14.5 Å². The van der Waals surface area contributed by atoms with E-state index in [1.54, 1.807) is 0 Å². The number of rotatable bonds is 3. The fourth-order valence-corrected chi connectivity index (χ4v) is 2.17. The van der Waals surface area contributed by atoms with E-state index in [4.69, 9.17) is 9.63 Å². The average molecular weight is 225 g/mol. The third-order valence-electron chi connectivity index (χ3n) is 3.42. The van der Waals surface area contributed by atoms with E-state index in [1.165, 1.54) is 0 Å². The van der Waals surface area contributed by atoms with Crippen molar-refractivity contribution < 1.29 is 9.63 Å². The quantitative estimate of drug-likeness (QED) is 0.821. The average Bonchev–Trinajstić information content (AvgIpc) is 2.70. The largest absolute Gasteiger partial charge is 0.395 e. The van der Waals surface area contributed by atoms with Crippen molar-refractivity contribution in [2.75, 3.05) is 26.2 Å². The van der Waals surface area contributed by atoms with Gasteiger partial charge in [0.1, 0.15) is 0 Å². The molecule has 0 aromatic carbocycles. The molecule has 0 bridgehead atoms. The molecule has 0 unspecified atom stereocenters. The Morgan fingerprint density at radius 2 is 2.12 bits per heavy atom. The Morgan fingerprint density at radius 1 is 1.44 bits per heavy atom. The van der Waals surface area contributed by atoms with E-state index in [0.29, 0.717) is 5.82 Å². The molecule has 1 saturated heterocycles. The zero-order valence-corrected chi connectivity index (χ0v) is 9.94. The fourth-order valence-electron chi connectivity index (χ4n) is 2.17. The molecule has 16 heavy (non-hydrogen) atoms. The summed E-state index contributed by atoms with van der Waals surface area (Å²) in [6.45, 7) is 6.99. The van der Waals surface area contributed by atoms with Crippen LogP contribution in [-0.2, 0) is 5.41 Å². The molecule has 0 atom stereocenters. The smallest absolute Gasteiger partial charge is 0.232 e. The minimum absolute atomic E-state index is 0.00716.